The molecule has 0 saturated carbocycles. The maximum Gasteiger partial charge on any atom is 0.139 e. The van der Waals surface area contributed by atoms with Crippen molar-refractivity contribution in [1.82, 2.24) is 5.32 Å². The molecule has 2 rings (SSSR count). The Labute approximate surface area is 120 Å². The number of rotatable bonds is 3. The number of hydrogen-bond acceptors (Lipinski definition) is 2. The van der Waals surface area contributed by atoms with Gasteiger partial charge in [0.1, 0.15) is 5.75 Å². The van der Waals surface area contributed by atoms with Gasteiger partial charge in [-0.1, -0.05) is 23.2 Å². The second-order valence-electron chi connectivity index (χ2n) is 4.20. The number of halogens is 3. The molecule has 1 saturated heterocycles. The van der Waals surface area contributed by atoms with E-state index in [4.69, 9.17) is 27.9 Å². The van der Waals surface area contributed by atoms with E-state index in [9.17, 15) is 0 Å². The van der Waals surface area contributed by atoms with Crippen LogP contribution in [0.15, 0.2) is 16.6 Å². The second-order valence-corrected chi connectivity index (χ2v) is 5.87. The number of nitrogens with one attached hydrogen (secondary N) is 1. The molecule has 0 atom stereocenters. The van der Waals surface area contributed by atoms with Crippen LogP contribution in [-0.2, 0) is 0 Å². The largest absolute Gasteiger partial charge is 0.492 e. The molecule has 0 spiro atoms. The van der Waals surface area contributed by atoms with Gasteiger partial charge in [0.2, 0.25) is 0 Å². The Hall–Kier alpha value is 0.0400. The summed E-state index contributed by atoms with van der Waals surface area (Å²) in [5, 5.41) is 4.54. The fraction of sp³-hybridized carbons (Fsp3) is 0.500. The summed E-state index contributed by atoms with van der Waals surface area (Å²) in [6.07, 6.45) is 2.31. The first-order chi connectivity index (χ1) is 8.16. The molecule has 1 fully saturated rings. The Morgan fingerprint density at radius 1 is 1.24 bits per heavy atom. The van der Waals surface area contributed by atoms with Gasteiger partial charge in [0, 0.05) is 10.5 Å². The van der Waals surface area contributed by atoms with Gasteiger partial charge in [0.25, 0.3) is 0 Å². The van der Waals surface area contributed by atoms with Crippen molar-refractivity contribution in [2.45, 2.75) is 12.8 Å². The summed E-state index contributed by atoms with van der Waals surface area (Å²) in [7, 11) is 0. The van der Waals surface area contributed by atoms with Gasteiger partial charge in [0.05, 0.1) is 16.7 Å². The number of hydrogen-bond donors (Lipinski definition) is 1. The third kappa shape index (κ3) is 3.75. The quantitative estimate of drug-likeness (QED) is 0.836. The van der Waals surface area contributed by atoms with E-state index in [1.165, 1.54) is 0 Å². The number of benzene rings is 1. The maximum absolute atomic E-state index is 6.09. The Kier molecular flexibility index (Phi) is 4.97. The van der Waals surface area contributed by atoms with E-state index in [1.807, 2.05) is 0 Å². The summed E-state index contributed by atoms with van der Waals surface area (Å²) in [5.41, 5.74) is 0. The van der Waals surface area contributed by atoms with Crippen molar-refractivity contribution in [3.8, 4) is 5.75 Å². The van der Waals surface area contributed by atoms with Gasteiger partial charge in [0.15, 0.2) is 0 Å². The van der Waals surface area contributed by atoms with E-state index < -0.39 is 0 Å². The highest BCUT2D eigenvalue weighted by Crippen LogP contribution is 2.34. The molecule has 0 bridgehead atoms. The highest BCUT2D eigenvalue weighted by Gasteiger charge is 2.15. The number of piperidine rings is 1. The summed E-state index contributed by atoms with van der Waals surface area (Å²) < 4.78 is 6.54. The zero-order chi connectivity index (χ0) is 12.3. The average molecular weight is 339 g/mol. The molecule has 1 aliphatic rings. The van der Waals surface area contributed by atoms with Crippen LogP contribution in [-0.4, -0.2) is 19.7 Å². The minimum Gasteiger partial charge on any atom is -0.492 e. The van der Waals surface area contributed by atoms with Crippen LogP contribution in [0.3, 0.4) is 0 Å². The van der Waals surface area contributed by atoms with Crippen LogP contribution in [0, 0.1) is 5.92 Å². The molecular formula is C12H14BrCl2NO. The molecule has 0 unspecified atom stereocenters. The highest BCUT2D eigenvalue weighted by atomic mass is 79.9. The predicted molar refractivity (Wildman–Crippen MR) is 75.3 cm³/mol. The lowest BCUT2D eigenvalue weighted by Gasteiger charge is -2.23. The zero-order valence-electron chi connectivity index (χ0n) is 9.31. The van der Waals surface area contributed by atoms with Crippen LogP contribution >= 0.6 is 39.1 Å². The smallest absolute Gasteiger partial charge is 0.139 e. The van der Waals surface area contributed by atoms with Gasteiger partial charge in [-0.05, 0) is 53.8 Å². The Bertz CT molecular complexity index is 394. The number of ether oxygens (including phenoxy) is 1. The molecular weight excluding hydrogens is 325 g/mol. The lowest BCUT2D eigenvalue weighted by Crippen LogP contribution is -2.30. The summed E-state index contributed by atoms with van der Waals surface area (Å²) in [4.78, 5) is 0. The first-order valence-electron chi connectivity index (χ1n) is 5.65. The Balaban J connectivity index is 1.96. The second kappa shape index (κ2) is 6.28. The van der Waals surface area contributed by atoms with Crippen molar-refractivity contribution in [1.29, 1.82) is 0 Å². The molecule has 0 radical (unpaired) electrons. The molecule has 5 heteroatoms. The monoisotopic (exact) mass is 337 g/mol. The minimum absolute atomic E-state index is 0.593. The van der Waals surface area contributed by atoms with Crippen molar-refractivity contribution >= 4 is 39.1 Å². The molecule has 0 aromatic heterocycles. The summed E-state index contributed by atoms with van der Waals surface area (Å²) >= 11 is 15.4. The van der Waals surface area contributed by atoms with E-state index in [2.05, 4.69) is 21.2 Å². The lowest BCUT2D eigenvalue weighted by molar-refractivity contribution is 0.215. The molecule has 94 valence electrons. The molecule has 1 aromatic carbocycles. The van der Waals surface area contributed by atoms with Gasteiger partial charge >= 0.3 is 0 Å². The fourth-order valence-corrected chi connectivity index (χ4v) is 2.72. The molecule has 17 heavy (non-hydrogen) atoms. The van der Waals surface area contributed by atoms with Gasteiger partial charge in [-0.2, -0.15) is 0 Å². The highest BCUT2D eigenvalue weighted by molar-refractivity contribution is 9.10. The van der Waals surface area contributed by atoms with Gasteiger partial charge in [-0.3, -0.25) is 0 Å². The Morgan fingerprint density at radius 2 is 1.94 bits per heavy atom. The van der Waals surface area contributed by atoms with E-state index in [-0.39, 0.29) is 0 Å². The van der Waals surface area contributed by atoms with Crippen molar-refractivity contribution in [3.05, 3.63) is 26.7 Å². The standard InChI is InChI=1S/C12H14BrCl2NO/c13-9-5-11(15)12(6-10(9)14)17-7-8-1-3-16-4-2-8/h5-6,8,16H,1-4,7H2. The van der Waals surface area contributed by atoms with Crippen molar-refractivity contribution in [2.24, 2.45) is 5.92 Å². The van der Waals surface area contributed by atoms with Gasteiger partial charge in [-0.15, -0.1) is 0 Å². The van der Waals surface area contributed by atoms with Crippen LogP contribution in [0.4, 0.5) is 0 Å². The first kappa shape index (κ1) is 13.5. The molecule has 0 aliphatic carbocycles. The predicted octanol–water partition coefficient (Wildman–Crippen LogP) is 4.13. The average Bonchev–Trinajstić information content (AvgIpc) is 2.33. The molecule has 1 N–H and O–H groups in total. The zero-order valence-corrected chi connectivity index (χ0v) is 12.4. The van der Waals surface area contributed by atoms with Gasteiger partial charge < -0.3 is 10.1 Å². The molecule has 1 aromatic rings. The van der Waals surface area contributed by atoms with E-state index in [0.717, 1.165) is 30.4 Å². The topological polar surface area (TPSA) is 21.3 Å². The van der Waals surface area contributed by atoms with Crippen LogP contribution in [0.5, 0.6) is 5.75 Å². The van der Waals surface area contributed by atoms with E-state index >= 15 is 0 Å². The van der Waals surface area contributed by atoms with Crippen LogP contribution < -0.4 is 10.1 Å². The third-order valence-electron chi connectivity index (χ3n) is 2.91. The maximum atomic E-state index is 6.09. The summed E-state index contributed by atoms with van der Waals surface area (Å²) in [6, 6.07) is 3.52. The normalized spacial score (nSPS) is 17.1. The molecule has 0 amide bonds. The Morgan fingerprint density at radius 3 is 2.65 bits per heavy atom. The molecule has 2 nitrogen and oxygen atoms in total. The van der Waals surface area contributed by atoms with Gasteiger partial charge in [-0.25, -0.2) is 0 Å². The first-order valence-corrected chi connectivity index (χ1v) is 7.20. The van der Waals surface area contributed by atoms with E-state index in [1.54, 1.807) is 12.1 Å². The lowest BCUT2D eigenvalue weighted by atomic mass is 9.99. The summed E-state index contributed by atoms with van der Waals surface area (Å²) in [5.74, 6) is 1.27. The van der Waals surface area contributed by atoms with Crippen LogP contribution in [0.25, 0.3) is 0 Å². The van der Waals surface area contributed by atoms with Crippen molar-refractivity contribution < 1.29 is 4.74 Å². The SMILES string of the molecule is Clc1cc(OCC2CCNCC2)c(Cl)cc1Br. The van der Waals surface area contributed by atoms with Crippen molar-refractivity contribution in [2.75, 3.05) is 19.7 Å². The molecule has 1 heterocycles. The summed E-state index contributed by atoms with van der Waals surface area (Å²) in [6.45, 7) is 2.85. The van der Waals surface area contributed by atoms with Crippen molar-refractivity contribution in [3.63, 3.8) is 0 Å². The fourth-order valence-electron chi connectivity index (χ4n) is 1.87. The van der Waals surface area contributed by atoms with Crippen LogP contribution in [0.2, 0.25) is 10.0 Å². The van der Waals surface area contributed by atoms with E-state index in [0.29, 0.717) is 28.3 Å². The third-order valence-corrected chi connectivity index (χ3v) is 4.40. The molecule has 1 aliphatic heterocycles. The van der Waals surface area contributed by atoms with Crippen LogP contribution in [0.1, 0.15) is 12.8 Å². The minimum atomic E-state index is 0.593.